The summed E-state index contributed by atoms with van der Waals surface area (Å²) in [4.78, 5) is 33.4. The maximum Gasteiger partial charge on any atom is 0.254 e. The van der Waals surface area contributed by atoms with Crippen LogP contribution in [0.5, 0.6) is 5.88 Å². The number of piperidine rings is 1. The molecule has 0 N–H and O–H groups in total. The fraction of sp³-hybridized carbons (Fsp3) is 0.350. The number of aromatic nitrogens is 1. The molecule has 0 radical (unpaired) electrons. The van der Waals surface area contributed by atoms with Crippen molar-refractivity contribution in [1.29, 1.82) is 0 Å². The molecule has 6 nitrogen and oxygen atoms in total. The molecule has 3 heterocycles. The second-order valence-electron chi connectivity index (χ2n) is 6.84. The highest BCUT2D eigenvalue weighted by atomic mass is 16.5. The molecule has 134 valence electrons. The van der Waals surface area contributed by atoms with Crippen LogP contribution in [-0.2, 0) is 10.2 Å². The van der Waals surface area contributed by atoms with Gasteiger partial charge in [0, 0.05) is 43.7 Å². The zero-order chi connectivity index (χ0) is 18.3. The number of hydrogen-bond acceptors (Lipinski definition) is 4. The molecule has 0 bridgehead atoms. The van der Waals surface area contributed by atoms with Gasteiger partial charge in [0.15, 0.2) is 0 Å². The summed E-state index contributed by atoms with van der Waals surface area (Å²) < 4.78 is 5.10. The van der Waals surface area contributed by atoms with Crippen LogP contribution in [-0.4, -0.2) is 48.9 Å². The van der Waals surface area contributed by atoms with E-state index in [2.05, 4.69) is 4.98 Å². The summed E-state index contributed by atoms with van der Waals surface area (Å²) in [7, 11) is 3.36. The van der Waals surface area contributed by atoms with Crippen molar-refractivity contribution in [3.63, 3.8) is 0 Å². The highest BCUT2D eigenvalue weighted by Gasteiger charge is 2.51. The molecule has 1 spiro atoms. The predicted octanol–water partition coefficient (Wildman–Crippen LogP) is 2.24. The van der Waals surface area contributed by atoms with Crippen molar-refractivity contribution in [2.75, 3.05) is 32.1 Å². The van der Waals surface area contributed by atoms with E-state index in [1.54, 1.807) is 23.2 Å². The van der Waals surface area contributed by atoms with Gasteiger partial charge in [0.25, 0.3) is 5.91 Å². The number of para-hydroxylation sites is 1. The van der Waals surface area contributed by atoms with Crippen LogP contribution in [0.2, 0.25) is 0 Å². The van der Waals surface area contributed by atoms with Crippen LogP contribution in [0.3, 0.4) is 0 Å². The lowest BCUT2D eigenvalue weighted by atomic mass is 9.73. The zero-order valence-electron chi connectivity index (χ0n) is 14.9. The zero-order valence-corrected chi connectivity index (χ0v) is 14.9. The molecule has 1 aromatic carbocycles. The van der Waals surface area contributed by atoms with Gasteiger partial charge >= 0.3 is 0 Å². The minimum absolute atomic E-state index is 0.0485. The van der Waals surface area contributed by atoms with E-state index in [4.69, 9.17) is 4.74 Å². The molecule has 1 saturated heterocycles. The third kappa shape index (κ3) is 2.36. The van der Waals surface area contributed by atoms with Gasteiger partial charge in [-0.3, -0.25) is 9.59 Å². The Kier molecular flexibility index (Phi) is 3.90. The Morgan fingerprint density at radius 2 is 1.92 bits per heavy atom. The minimum Gasteiger partial charge on any atom is -0.481 e. The molecule has 0 unspecified atom stereocenters. The lowest BCUT2D eigenvalue weighted by molar-refractivity contribution is -0.124. The van der Waals surface area contributed by atoms with Crippen LogP contribution in [0.4, 0.5) is 5.69 Å². The number of hydrogen-bond donors (Lipinski definition) is 0. The van der Waals surface area contributed by atoms with E-state index in [0.29, 0.717) is 37.4 Å². The number of anilines is 1. The van der Waals surface area contributed by atoms with Crippen LogP contribution < -0.4 is 9.64 Å². The Morgan fingerprint density at radius 3 is 2.65 bits per heavy atom. The number of likely N-dealkylation sites (N-methyl/N-ethyl adjacent to an activating group) is 1. The van der Waals surface area contributed by atoms with Gasteiger partial charge in [0.05, 0.1) is 12.5 Å². The van der Waals surface area contributed by atoms with Crippen molar-refractivity contribution < 1.29 is 14.3 Å². The first-order valence-corrected chi connectivity index (χ1v) is 8.74. The van der Waals surface area contributed by atoms with Crippen LogP contribution >= 0.6 is 0 Å². The number of rotatable bonds is 2. The van der Waals surface area contributed by atoms with Crippen LogP contribution in [0.15, 0.2) is 42.6 Å². The van der Waals surface area contributed by atoms with E-state index >= 15 is 0 Å². The predicted molar refractivity (Wildman–Crippen MR) is 97.5 cm³/mol. The number of carbonyl (C=O) groups excluding carboxylic acids is 2. The lowest BCUT2D eigenvalue weighted by Crippen LogP contribution is -2.49. The third-order valence-electron chi connectivity index (χ3n) is 5.59. The average molecular weight is 351 g/mol. The molecule has 26 heavy (non-hydrogen) atoms. The number of fused-ring (bicyclic) bond motifs is 2. The molecule has 4 rings (SSSR count). The Balaban J connectivity index is 1.56. The van der Waals surface area contributed by atoms with Crippen molar-refractivity contribution in [2.45, 2.75) is 18.3 Å². The molecule has 0 saturated carbocycles. The van der Waals surface area contributed by atoms with E-state index in [9.17, 15) is 9.59 Å². The fourth-order valence-electron chi connectivity index (χ4n) is 4.13. The first kappa shape index (κ1) is 16.6. The van der Waals surface area contributed by atoms with Crippen LogP contribution in [0, 0.1) is 0 Å². The summed E-state index contributed by atoms with van der Waals surface area (Å²) in [6.07, 6.45) is 2.85. The first-order chi connectivity index (χ1) is 12.6. The van der Waals surface area contributed by atoms with Crippen LogP contribution in [0.1, 0.15) is 28.8 Å². The molecule has 0 atom stereocenters. The number of carbonyl (C=O) groups is 2. The summed E-state index contributed by atoms with van der Waals surface area (Å²) in [5.41, 5.74) is 2.13. The average Bonchev–Trinajstić information content (AvgIpc) is 2.91. The lowest BCUT2D eigenvalue weighted by Gasteiger charge is -2.38. The Hall–Kier alpha value is -2.89. The summed E-state index contributed by atoms with van der Waals surface area (Å²) in [5, 5.41) is 0. The summed E-state index contributed by atoms with van der Waals surface area (Å²) >= 11 is 0. The van der Waals surface area contributed by atoms with Crippen molar-refractivity contribution in [3.8, 4) is 5.88 Å². The molecule has 1 aromatic heterocycles. The Labute approximate surface area is 152 Å². The molecule has 2 amide bonds. The Morgan fingerprint density at radius 1 is 1.19 bits per heavy atom. The SMILES string of the molecule is COc1cc(C(=O)N2CCC3(CC2)C(=O)N(C)c2ccccc23)ccn1. The fourth-order valence-corrected chi connectivity index (χ4v) is 4.13. The minimum atomic E-state index is -0.502. The van der Waals surface area contributed by atoms with Gasteiger partial charge in [-0.1, -0.05) is 18.2 Å². The van der Waals surface area contributed by atoms with Crippen molar-refractivity contribution >= 4 is 17.5 Å². The molecule has 6 heteroatoms. The molecular weight excluding hydrogens is 330 g/mol. The third-order valence-corrected chi connectivity index (χ3v) is 5.59. The molecule has 0 aliphatic carbocycles. The number of pyridine rings is 1. The standard InChI is InChI=1S/C20H21N3O3/c1-22-16-6-4-3-5-15(16)20(19(22)25)8-11-23(12-9-20)18(24)14-7-10-21-17(13-14)26-2/h3-7,10,13H,8-9,11-12H2,1-2H3. The topological polar surface area (TPSA) is 62.7 Å². The molecule has 2 aliphatic heterocycles. The van der Waals surface area contributed by atoms with Crippen LogP contribution in [0.25, 0.3) is 0 Å². The summed E-state index contributed by atoms with van der Waals surface area (Å²) in [6.45, 7) is 1.11. The van der Waals surface area contributed by atoms with E-state index in [-0.39, 0.29) is 11.8 Å². The number of benzene rings is 1. The second-order valence-corrected chi connectivity index (χ2v) is 6.84. The second kappa shape index (κ2) is 6.12. The quantitative estimate of drug-likeness (QED) is 0.832. The van der Waals surface area contributed by atoms with E-state index in [0.717, 1.165) is 11.3 Å². The first-order valence-electron chi connectivity index (χ1n) is 8.74. The maximum absolute atomic E-state index is 13.0. The highest BCUT2D eigenvalue weighted by Crippen LogP contribution is 2.47. The number of likely N-dealkylation sites (tertiary alicyclic amines) is 1. The van der Waals surface area contributed by atoms with Gasteiger partial charge in [-0.2, -0.15) is 0 Å². The van der Waals surface area contributed by atoms with Gasteiger partial charge in [0.1, 0.15) is 0 Å². The van der Waals surface area contributed by atoms with Gasteiger partial charge in [-0.15, -0.1) is 0 Å². The number of amides is 2. The van der Waals surface area contributed by atoms with E-state index in [1.807, 2.05) is 36.2 Å². The highest BCUT2D eigenvalue weighted by molar-refractivity contribution is 6.08. The van der Waals surface area contributed by atoms with Gasteiger partial charge in [-0.25, -0.2) is 4.98 Å². The molecule has 1 fully saturated rings. The van der Waals surface area contributed by atoms with Crippen molar-refractivity contribution in [1.82, 2.24) is 9.88 Å². The summed E-state index contributed by atoms with van der Waals surface area (Å²) in [6, 6.07) is 11.3. The summed E-state index contributed by atoms with van der Waals surface area (Å²) in [5.74, 6) is 0.509. The maximum atomic E-state index is 13.0. The normalized spacial score (nSPS) is 18.2. The number of ether oxygens (including phenoxy) is 1. The monoisotopic (exact) mass is 351 g/mol. The number of methoxy groups -OCH3 is 1. The van der Waals surface area contributed by atoms with Gasteiger partial charge in [-0.05, 0) is 30.5 Å². The Bertz CT molecular complexity index is 872. The van der Waals surface area contributed by atoms with Crippen molar-refractivity contribution in [3.05, 3.63) is 53.7 Å². The molecular formula is C20H21N3O3. The largest absolute Gasteiger partial charge is 0.481 e. The van der Waals surface area contributed by atoms with Crippen molar-refractivity contribution in [2.24, 2.45) is 0 Å². The molecule has 2 aliphatic rings. The van der Waals surface area contributed by atoms with Gasteiger partial charge < -0.3 is 14.5 Å². The van der Waals surface area contributed by atoms with Gasteiger partial charge in [0.2, 0.25) is 11.8 Å². The van der Waals surface area contributed by atoms with E-state index < -0.39 is 5.41 Å². The smallest absolute Gasteiger partial charge is 0.254 e. The number of nitrogens with zero attached hydrogens (tertiary/aromatic N) is 3. The van der Waals surface area contributed by atoms with E-state index in [1.165, 1.54) is 7.11 Å². The molecule has 2 aromatic rings.